The Bertz CT molecular complexity index is 192. The Kier molecular flexibility index (Phi) is 6.57. The van der Waals surface area contributed by atoms with Gasteiger partial charge in [-0.15, -0.1) is 0 Å². The highest BCUT2D eigenvalue weighted by molar-refractivity contribution is 5.81. The summed E-state index contributed by atoms with van der Waals surface area (Å²) in [7, 11) is 1.85. The molecule has 2 N–H and O–H groups in total. The van der Waals surface area contributed by atoms with Crippen LogP contribution in [0.15, 0.2) is 0 Å². The highest BCUT2D eigenvalue weighted by Crippen LogP contribution is 2.09. The van der Waals surface area contributed by atoms with Crippen molar-refractivity contribution in [3.05, 3.63) is 0 Å². The maximum Gasteiger partial charge on any atom is 0.239 e. The van der Waals surface area contributed by atoms with Crippen molar-refractivity contribution in [1.82, 2.24) is 4.90 Å². The second-order valence-corrected chi connectivity index (χ2v) is 4.82. The molecule has 0 saturated heterocycles. The average Bonchev–Trinajstić information content (AvgIpc) is 2.14. The van der Waals surface area contributed by atoms with Gasteiger partial charge in [0.25, 0.3) is 0 Å². The summed E-state index contributed by atoms with van der Waals surface area (Å²) in [5, 5.41) is 0. The summed E-state index contributed by atoms with van der Waals surface area (Å²) in [6.45, 7) is 8.37. The molecule has 0 fully saturated rings. The van der Waals surface area contributed by atoms with Gasteiger partial charge in [0, 0.05) is 13.1 Å². The molecule has 90 valence electrons. The van der Waals surface area contributed by atoms with E-state index in [0.29, 0.717) is 12.0 Å². The zero-order chi connectivity index (χ0) is 12.0. The lowest BCUT2D eigenvalue weighted by molar-refractivity contribution is -0.133. The van der Waals surface area contributed by atoms with Crippen LogP contribution in [0, 0.1) is 5.92 Å². The molecule has 0 aliphatic heterocycles. The monoisotopic (exact) mass is 214 g/mol. The van der Waals surface area contributed by atoms with Crippen LogP contribution in [0.3, 0.4) is 0 Å². The highest BCUT2D eigenvalue weighted by atomic mass is 16.2. The van der Waals surface area contributed by atoms with Crippen molar-refractivity contribution >= 4 is 5.91 Å². The first kappa shape index (κ1) is 14.4. The summed E-state index contributed by atoms with van der Waals surface area (Å²) in [6.07, 6.45) is 2.90. The van der Waals surface area contributed by atoms with E-state index in [1.165, 1.54) is 0 Å². The molecule has 0 saturated carbocycles. The van der Waals surface area contributed by atoms with Gasteiger partial charge < -0.3 is 10.6 Å². The molecule has 3 heteroatoms. The van der Waals surface area contributed by atoms with Crippen LogP contribution in [-0.2, 0) is 4.79 Å². The van der Waals surface area contributed by atoms with Crippen molar-refractivity contribution in [2.75, 3.05) is 7.05 Å². The van der Waals surface area contributed by atoms with Gasteiger partial charge in [0.15, 0.2) is 0 Å². The molecule has 0 aromatic heterocycles. The lowest BCUT2D eigenvalue weighted by atomic mass is 10.0. The van der Waals surface area contributed by atoms with Gasteiger partial charge in [-0.1, -0.05) is 27.2 Å². The topological polar surface area (TPSA) is 46.3 Å². The smallest absolute Gasteiger partial charge is 0.239 e. The Morgan fingerprint density at radius 1 is 1.33 bits per heavy atom. The average molecular weight is 214 g/mol. The van der Waals surface area contributed by atoms with Gasteiger partial charge in [-0.3, -0.25) is 4.79 Å². The van der Waals surface area contributed by atoms with E-state index in [9.17, 15) is 4.79 Å². The number of nitrogens with two attached hydrogens (primary N) is 1. The molecule has 0 aromatic carbocycles. The predicted molar refractivity (Wildman–Crippen MR) is 64.6 cm³/mol. The molecule has 0 spiro atoms. The van der Waals surface area contributed by atoms with Crippen molar-refractivity contribution in [2.24, 2.45) is 11.7 Å². The third kappa shape index (κ3) is 5.17. The Labute approximate surface area is 94.0 Å². The first-order chi connectivity index (χ1) is 6.90. The van der Waals surface area contributed by atoms with Gasteiger partial charge in [0.1, 0.15) is 0 Å². The lowest BCUT2D eigenvalue weighted by Gasteiger charge is -2.28. The van der Waals surface area contributed by atoms with Crippen molar-refractivity contribution in [1.29, 1.82) is 0 Å². The van der Waals surface area contributed by atoms with Crippen LogP contribution in [0.1, 0.15) is 47.0 Å². The number of rotatable bonds is 6. The first-order valence-electron chi connectivity index (χ1n) is 5.92. The fraction of sp³-hybridized carbons (Fsp3) is 0.917. The zero-order valence-corrected chi connectivity index (χ0v) is 10.8. The van der Waals surface area contributed by atoms with Crippen LogP contribution in [0.2, 0.25) is 0 Å². The lowest BCUT2D eigenvalue weighted by Crippen LogP contribution is -2.46. The van der Waals surface area contributed by atoms with Crippen LogP contribution in [-0.4, -0.2) is 29.9 Å². The fourth-order valence-electron chi connectivity index (χ4n) is 1.70. The summed E-state index contributed by atoms with van der Waals surface area (Å²) in [5.41, 5.74) is 5.86. The van der Waals surface area contributed by atoms with Gasteiger partial charge >= 0.3 is 0 Å². The predicted octanol–water partition coefficient (Wildman–Crippen LogP) is 2.01. The van der Waals surface area contributed by atoms with E-state index in [4.69, 9.17) is 5.73 Å². The van der Waals surface area contributed by atoms with Crippen LogP contribution in [0.25, 0.3) is 0 Å². The number of amides is 1. The Hall–Kier alpha value is -0.570. The van der Waals surface area contributed by atoms with Crippen molar-refractivity contribution < 1.29 is 4.79 Å². The molecule has 3 nitrogen and oxygen atoms in total. The standard InChI is InChI=1S/C12H26N2O/c1-6-7-10(4)14(5)12(15)11(13)8-9(2)3/h9-11H,6-8,13H2,1-5H3. The van der Waals surface area contributed by atoms with Gasteiger partial charge in [-0.25, -0.2) is 0 Å². The molecular weight excluding hydrogens is 188 g/mol. The van der Waals surface area contributed by atoms with Crippen LogP contribution in [0.4, 0.5) is 0 Å². The second-order valence-electron chi connectivity index (χ2n) is 4.82. The summed E-state index contributed by atoms with van der Waals surface area (Å²) >= 11 is 0. The number of carbonyl (C=O) groups is 1. The molecule has 2 unspecified atom stereocenters. The normalized spacial score (nSPS) is 15.1. The zero-order valence-electron chi connectivity index (χ0n) is 10.8. The van der Waals surface area contributed by atoms with Crippen LogP contribution < -0.4 is 5.73 Å². The van der Waals surface area contributed by atoms with E-state index >= 15 is 0 Å². The molecule has 0 aromatic rings. The molecule has 2 atom stereocenters. The van der Waals surface area contributed by atoms with E-state index in [2.05, 4.69) is 27.7 Å². The van der Waals surface area contributed by atoms with E-state index in [-0.39, 0.29) is 11.9 Å². The second kappa shape index (κ2) is 6.83. The maximum atomic E-state index is 11.9. The molecule has 0 bridgehead atoms. The third-order valence-electron chi connectivity index (χ3n) is 2.76. The third-order valence-corrected chi connectivity index (χ3v) is 2.76. The van der Waals surface area contributed by atoms with Gasteiger partial charge in [-0.05, 0) is 25.7 Å². The minimum atomic E-state index is -0.339. The van der Waals surface area contributed by atoms with Gasteiger partial charge in [-0.2, -0.15) is 0 Å². The quantitative estimate of drug-likeness (QED) is 0.735. The van der Waals surface area contributed by atoms with E-state index < -0.39 is 0 Å². The highest BCUT2D eigenvalue weighted by Gasteiger charge is 2.21. The number of carbonyl (C=O) groups excluding carboxylic acids is 1. The minimum Gasteiger partial charge on any atom is -0.342 e. The van der Waals surface area contributed by atoms with Crippen molar-refractivity contribution in [3.8, 4) is 0 Å². The molecule has 0 aliphatic carbocycles. The maximum absolute atomic E-state index is 11.9. The van der Waals surface area contributed by atoms with Crippen molar-refractivity contribution in [3.63, 3.8) is 0 Å². The number of likely N-dealkylation sites (N-methyl/N-ethyl adjacent to an activating group) is 1. The Balaban J connectivity index is 4.17. The van der Waals surface area contributed by atoms with Gasteiger partial charge in [0.2, 0.25) is 5.91 Å². The summed E-state index contributed by atoms with van der Waals surface area (Å²) in [4.78, 5) is 13.7. The largest absolute Gasteiger partial charge is 0.342 e. The number of hydrogen-bond donors (Lipinski definition) is 1. The van der Waals surface area contributed by atoms with Crippen LogP contribution >= 0.6 is 0 Å². The fourth-order valence-corrected chi connectivity index (χ4v) is 1.70. The molecule has 0 aliphatic rings. The molecular formula is C12H26N2O. The summed E-state index contributed by atoms with van der Waals surface area (Å²) < 4.78 is 0. The van der Waals surface area contributed by atoms with E-state index in [1.54, 1.807) is 4.90 Å². The molecule has 15 heavy (non-hydrogen) atoms. The Morgan fingerprint density at radius 3 is 2.27 bits per heavy atom. The first-order valence-corrected chi connectivity index (χ1v) is 5.92. The van der Waals surface area contributed by atoms with E-state index in [1.807, 2.05) is 7.05 Å². The van der Waals surface area contributed by atoms with Gasteiger partial charge in [0.05, 0.1) is 6.04 Å². The molecule has 0 rings (SSSR count). The minimum absolute atomic E-state index is 0.0738. The SMILES string of the molecule is CCCC(C)N(C)C(=O)C(N)CC(C)C. The number of hydrogen-bond acceptors (Lipinski definition) is 2. The molecule has 0 heterocycles. The number of nitrogens with zero attached hydrogens (tertiary/aromatic N) is 1. The van der Waals surface area contributed by atoms with Crippen LogP contribution in [0.5, 0.6) is 0 Å². The summed E-state index contributed by atoms with van der Waals surface area (Å²) in [6, 6.07) is -0.0463. The molecule has 1 amide bonds. The Morgan fingerprint density at radius 2 is 1.87 bits per heavy atom. The van der Waals surface area contributed by atoms with Crippen molar-refractivity contribution in [2.45, 2.75) is 59.0 Å². The van der Waals surface area contributed by atoms with E-state index in [0.717, 1.165) is 19.3 Å². The molecule has 0 radical (unpaired) electrons. The summed E-state index contributed by atoms with van der Waals surface area (Å²) in [5.74, 6) is 0.545.